The third-order valence-corrected chi connectivity index (χ3v) is 3.47. The lowest BCUT2D eigenvalue weighted by molar-refractivity contribution is -0.112. The summed E-state index contributed by atoms with van der Waals surface area (Å²) in [6.07, 6.45) is 2.24. The molecule has 0 spiro atoms. The van der Waals surface area contributed by atoms with Crippen molar-refractivity contribution in [2.45, 2.75) is 13.3 Å². The second-order valence-corrected chi connectivity index (χ2v) is 5.34. The first-order valence-corrected chi connectivity index (χ1v) is 7.48. The van der Waals surface area contributed by atoms with Gasteiger partial charge in [0.2, 0.25) is 0 Å². The number of furan rings is 1. The number of nitriles is 1. The number of anilines is 1. The van der Waals surface area contributed by atoms with E-state index in [1.165, 1.54) is 6.08 Å². The molecule has 0 aliphatic rings. The van der Waals surface area contributed by atoms with Crippen LogP contribution in [0.15, 0.2) is 46.4 Å². The van der Waals surface area contributed by atoms with E-state index < -0.39 is 5.91 Å². The van der Waals surface area contributed by atoms with Crippen molar-refractivity contribution < 1.29 is 9.21 Å². The molecule has 1 N–H and O–H groups in total. The molecule has 0 atom stereocenters. The van der Waals surface area contributed by atoms with E-state index in [2.05, 4.69) is 5.32 Å². The number of halogens is 1. The Labute approximate surface area is 136 Å². The van der Waals surface area contributed by atoms with Gasteiger partial charge >= 0.3 is 0 Å². The van der Waals surface area contributed by atoms with E-state index in [9.17, 15) is 4.79 Å². The summed E-state index contributed by atoms with van der Waals surface area (Å²) in [6, 6.07) is 12.9. The number of hydrogen-bond donors (Lipinski definition) is 1. The van der Waals surface area contributed by atoms with Crippen molar-refractivity contribution in [1.29, 1.82) is 5.26 Å². The molecule has 1 amide bonds. The van der Waals surface area contributed by atoms with Crippen LogP contribution < -0.4 is 5.32 Å². The zero-order valence-corrected chi connectivity index (χ0v) is 13.5. The van der Waals surface area contributed by atoms with Crippen LogP contribution in [-0.2, 0) is 11.2 Å². The fourth-order valence-electron chi connectivity index (χ4n) is 1.84. The lowest BCUT2D eigenvalue weighted by atomic mass is 10.1. The predicted molar refractivity (Wildman–Crippen MR) is 89.5 cm³/mol. The fraction of sp³-hybridized carbons (Fsp3) is 0.125. The van der Waals surface area contributed by atoms with Gasteiger partial charge in [-0.05, 0) is 52.8 Å². The Morgan fingerprint density at radius 1 is 1.38 bits per heavy atom. The van der Waals surface area contributed by atoms with Gasteiger partial charge in [0.15, 0.2) is 3.77 Å². The van der Waals surface area contributed by atoms with Crippen LogP contribution in [-0.4, -0.2) is 5.91 Å². The largest absolute Gasteiger partial charge is 0.451 e. The molecule has 1 aromatic heterocycles. The van der Waals surface area contributed by atoms with E-state index in [4.69, 9.17) is 9.68 Å². The average Bonchev–Trinajstić information content (AvgIpc) is 2.90. The van der Waals surface area contributed by atoms with Crippen molar-refractivity contribution in [2.75, 3.05) is 5.32 Å². The topological polar surface area (TPSA) is 66.0 Å². The van der Waals surface area contributed by atoms with Crippen LogP contribution in [0.5, 0.6) is 0 Å². The number of carbonyl (C=O) groups excluding carboxylic acids is 1. The highest BCUT2D eigenvalue weighted by atomic mass is 127. The average molecular weight is 392 g/mol. The van der Waals surface area contributed by atoms with Crippen molar-refractivity contribution in [1.82, 2.24) is 0 Å². The highest BCUT2D eigenvalue weighted by Gasteiger charge is 2.12. The van der Waals surface area contributed by atoms with Crippen molar-refractivity contribution in [3.63, 3.8) is 0 Å². The van der Waals surface area contributed by atoms with E-state index >= 15 is 0 Å². The Kier molecular flexibility index (Phi) is 5.17. The Morgan fingerprint density at radius 3 is 2.76 bits per heavy atom. The van der Waals surface area contributed by atoms with Gasteiger partial charge in [0.1, 0.15) is 17.4 Å². The number of amides is 1. The van der Waals surface area contributed by atoms with Crippen molar-refractivity contribution in [3.8, 4) is 6.07 Å². The first kappa shape index (κ1) is 15.3. The van der Waals surface area contributed by atoms with E-state index in [0.29, 0.717) is 9.53 Å². The lowest BCUT2D eigenvalue weighted by Crippen LogP contribution is -2.14. The summed E-state index contributed by atoms with van der Waals surface area (Å²) >= 11 is 2.03. The number of carbonyl (C=O) groups is 1. The van der Waals surface area contributed by atoms with Crippen LogP contribution in [0, 0.1) is 15.1 Å². The molecule has 5 heteroatoms. The molecule has 0 unspecified atom stereocenters. The molecule has 2 aromatic rings. The Bertz CT molecular complexity index is 726. The third kappa shape index (κ3) is 3.95. The Morgan fingerprint density at radius 2 is 2.14 bits per heavy atom. The summed E-state index contributed by atoms with van der Waals surface area (Å²) in [4.78, 5) is 12.2. The van der Waals surface area contributed by atoms with Crippen molar-refractivity contribution in [2.24, 2.45) is 0 Å². The van der Waals surface area contributed by atoms with Gasteiger partial charge in [-0.1, -0.05) is 25.1 Å². The summed E-state index contributed by atoms with van der Waals surface area (Å²) in [5.74, 6) is 0.0414. The van der Waals surface area contributed by atoms with Gasteiger partial charge < -0.3 is 9.73 Å². The minimum Gasteiger partial charge on any atom is -0.451 e. The fourth-order valence-corrected chi connectivity index (χ4v) is 2.27. The molecule has 0 aliphatic heterocycles. The quantitative estimate of drug-likeness (QED) is 0.486. The lowest BCUT2D eigenvalue weighted by Gasteiger charge is -2.08. The molecule has 1 heterocycles. The molecule has 106 valence electrons. The van der Waals surface area contributed by atoms with E-state index in [-0.39, 0.29) is 5.57 Å². The maximum absolute atomic E-state index is 12.2. The molecule has 0 radical (unpaired) electrons. The summed E-state index contributed by atoms with van der Waals surface area (Å²) in [5, 5.41) is 11.9. The standard InChI is InChI=1S/C16H13IN2O2/c1-2-11-5-3-4-6-14(11)19-16(20)12(10-18)9-13-7-8-15(17)21-13/h3-9H,2H2,1H3,(H,19,20)/b12-9+. The van der Waals surface area contributed by atoms with E-state index in [0.717, 1.165) is 17.7 Å². The number of para-hydroxylation sites is 1. The van der Waals surface area contributed by atoms with Gasteiger partial charge in [0.25, 0.3) is 5.91 Å². The minimum atomic E-state index is -0.440. The summed E-state index contributed by atoms with van der Waals surface area (Å²) < 4.78 is 6.04. The van der Waals surface area contributed by atoms with Crippen LogP contribution in [0.3, 0.4) is 0 Å². The third-order valence-electron chi connectivity index (χ3n) is 2.89. The maximum atomic E-state index is 12.2. The summed E-state index contributed by atoms with van der Waals surface area (Å²) in [5.41, 5.74) is 1.75. The van der Waals surface area contributed by atoms with Crippen molar-refractivity contribution in [3.05, 3.63) is 57.1 Å². The molecule has 1 aromatic carbocycles. The molecule has 0 saturated heterocycles. The highest BCUT2D eigenvalue weighted by Crippen LogP contribution is 2.18. The Hall–Kier alpha value is -2.07. The molecule has 21 heavy (non-hydrogen) atoms. The van der Waals surface area contributed by atoms with Gasteiger partial charge in [0, 0.05) is 11.8 Å². The SMILES string of the molecule is CCc1ccccc1NC(=O)/C(C#N)=C/c1ccc(I)o1. The van der Waals surface area contributed by atoms with E-state index in [1.807, 2.05) is 59.8 Å². The Balaban J connectivity index is 2.22. The molecule has 0 aliphatic carbocycles. The van der Waals surface area contributed by atoms with Gasteiger partial charge in [-0.2, -0.15) is 5.26 Å². The first-order valence-electron chi connectivity index (χ1n) is 6.40. The number of aryl methyl sites for hydroxylation is 1. The first-order chi connectivity index (χ1) is 10.1. The van der Waals surface area contributed by atoms with Gasteiger partial charge in [0.05, 0.1) is 0 Å². The molecule has 0 saturated carbocycles. The van der Waals surface area contributed by atoms with Crippen molar-refractivity contribution >= 4 is 40.3 Å². The molecule has 0 fully saturated rings. The molecule has 4 nitrogen and oxygen atoms in total. The molecule has 0 bridgehead atoms. The second kappa shape index (κ2) is 7.09. The normalized spacial score (nSPS) is 11.0. The monoisotopic (exact) mass is 392 g/mol. The van der Waals surface area contributed by atoms with Gasteiger partial charge in [-0.15, -0.1) is 0 Å². The van der Waals surface area contributed by atoms with Crippen LogP contribution in [0.4, 0.5) is 5.69 Å². The predicted octanol–water partition coefficient (Wildman–Crippen LogP) is 3.99. The molecular formula is C16H13IN2O2. The zero-order chi connectivity index (χ0) is 15.2. The van der Waals surface area contributed by atoms with E-state index in [1.54, 1.807) is 12.1 Å². The van der Waals surface area contributed by atoms with Crippen LogP contribution in [0.1, 0.15) is 18.2 Å². The number of benzene rings is 1. The smallest absolute Gasteiger partial charge is 0.266 e. The zero-order valence-electron chi connectivity index (χ0n) is 11.4. The molecular weight excluding hydrogens is 379 g/mol. The summed E-state index contributed by atoms with van der Waals surface area (Å²) in [6.45, 7) is 2.01. The number of hydrogen-bond acceptors (Lipinski definition) is 3. The minimum absolute atomic E-state index is 0.00616. The maximum Gasteiger partial charge on any atom is 0.266 e. The summed E-state index contributed by atoms with van der Waals surface area (Å²) in [7, 11) is 0. The number of nitrogens with one attached hydrogen (secondary N) is 1. The molecule has 2 rings (SSSR count). The number of nitrogens with zero attached hydrogens (tertiary/aromatic N) is 1. The van der Waals surface area contributed by atoms with Gasteiger partial charge in [-0.3, -0.25) is 4.79 Å². The van der Waals surface area contributed by atoms with Crippen LogP contribution >= 0.6 is 22.6 Å². The van der Waals surface area contributed by atoms with Gasteiger partial charge in [-0.25, -0.2) is 0 Å². The number of rotatable bonds is 4. The highest BCUT2D eigenvalue weighted by molar-refractivity contribution is 14.1. The van der Waals surface area contributed by atoms with Crippen LogP contribution in [0.25, 0.3) is 6.08 Å². The second-order valence-electron chi connectivity index (χ2n) is 4.28. The van der Waals surface area contributed by atoms with Crippen LogP contribution in [0.2, 0.25) is 0 Å².